The Labute approximate surface area is 152 Å². The average molecular weight is 355 g/mol. The minimum Gasteiger partial charge on any atom is -0.478 e. The normalized spacial score (nSPS) is 15.1. The maximum atomic E-state index is 13.4. The molecule has 1 fully saturated rings. The van der Waals surface area contributed by atoms with Gasteiger partial charge in [0, 0.05) is 18.7 Å². The summed E-state index contributed by atoms with van der Waals surface area (Å²) in [6.07, 6.45) is 2.37. The van der Waals surface area contributed by atoms with Gasteiger partial charge in [-0.3, -0.25) is 4.79 Å². The standard InChI is InChI=1S/C21H22FNO3/c1-14-12-17(6-7-19(14)22)20(24)23-10-8-15(9-11-23)13-16-4-2-3-5-18(16)21(25)26/h2-7,12,15H,8-11,13H2,1H3,(H,25,26). The number of benzene rings is 2. The van der Waals surface area contributed by atoms with E-state index in [1.165, 1.54) is 12.1 Å². The van der Waals surface area contributed by atoms with Crippen molar-refractivity contribution >= 4 is 11.9 Å². The minimum absolute atomic E-state index is 0.0718. The Kier molecular flexibility index (Phi) is 5.35. The number of carboxylic acid groups (broad SMARTS) is 1. The van der Waals surface area contributed by atoms with Crippen molar-refractivity contribution in [2.75, 3.05) is 13.1 Å². The second-order valence-electron chi connectivity index (χ2n) is 6.87. The Hall–Kier alpha value is -2.69. The number of hydrogen-bond donors (Lipinski definition) is 1. The quantitative estimate of drug-likeness (QED) is 0.904. The summed E-state index contributed by atoms with van der Waals surface area (Å²) in [5.41, 5.74) is 2.18. The van der Waals surface area contributed by atoms with Crippen LogP contribution in [-0.2, 0) is 6.42 Å². The summed E-state index contributed by atoms with van der Waals surface area (Å²) in [4.78, 5) is 25.7. The average Bonchev–Trinajstić information content (AvgIpc) is 2.64. The van der Waals surface area contributed by atoms with Crippen LogP contribution in [0.15, 0.2) is 42.5 Å². The van der Waals surface area contributed by atoms with E-state index in [9.17, 15) is 19.1 Å². The van der Waals surface area contributed by atoms with Crippen LogP contribution in [0.4, 0.5) is 4.39 Å². The molecule has 1 heterocycles. The lowest BCUT2D eigenvalue weighted by Gasteiger charge is -2.32. The molecule has 1 N–H and O–H groups in total. The van der Waals surface area contributed by atoms with Gasteiger partial charge in [-0.15, -0.1) is 0 Å². The number of likely N-dealkylation sites (tertiary alicyclic amines) is 1. The van der Waals surface area contributed by atoms with E-state index < -0.39 is 5.97 Å². The maximum absolute atomic E-state index is 13.4. The lowest BCUT2D eigenvalue weighted by Crippen LogP contribution is -2.39. The van der Waals surface area contributed by atoms with Gasteiger partial charge < -0.3 is 10.0 Å². The van der Waals surface area contributed by atoms with E-state index in [1.54, 1.807) is 30.0 Å². The first-order valence-electron chi connectivity index (χ1n) is 8.82. The molecule has 1 aliphatic heterocycles. The van der Waals surface area contributed by atoms with Crippen LogP contribution in [0, 0.1) is 18.7 Å². The molecule has 0 saturated carbocycles. The van der Waals surface area contributed by atoms with Gasteiger partial charge >= 0.3 is 5.97 Å². The molecule has 2 aromatic rings. The van der Waals surface area contributed by atoms with Gasteiger partial charge in [-0.1, -0.05) is 18.2 Å². The van der Waals surface area contributed by atoms with E-state index in [0.717, 1.165) is 18.4 Å². The molecule has 0 atom stereocenters. The monoisotopic (exact) mass is 355 g/mol. The predicted octanol–water partition coefficient (Wildman–Crippen LogP) is 3.93. The molecule has 0 unspecified atom stereocenters. The molecule has 0 bridgehead atoms. The van der Waals surface area contributed by atoms with Crippen LogP contribution in [0.5, 0.6) is 0 Å². The minimum atomic E-state index is -0.903. The molecule has 1 amide bonds. The Morgan fingerprint density at radius 1 is 1.15 bits per heavy atom. The third kappa shape index (κ3) is 3.93. The van der Waals surface area contributed by atoms with Crippen LogP contribution in [-0.4, -0.2) is 35.0 Å². The van der Waals surface area contributed by atoms with Gasteiger partial charge in [0.25, 0.3) is 5.91 Å². The van der Waals surface area contributed by atoms with Crippen molar-refractivity contribution in [1.82, 2.24) is 4.90 Å². The molecule has 136 valence electrons. The van der Waals surface area contributed by atoms with Gasteiger partial charge in [0.15, 0.2) is 0 Å². The number of carbonyl (C=O) groups is 2. The van der Waals surface area contributed by atoms with E-state index in [2.05, 4.69) is 0 Å². The molecule has 3 rings (SSSR count). The highest BCUT2D eigenvalue weighted by atomic mass is 19.1. The molecular weight excluding hydrogens is 333 g/mol. The summed E-state index contributed by atoms with van der Waals surface area (Å²) >= 11 is 0. The lowest BCUT2D eigenvalue weighted by atomic mass is 9.88. The fraction of sp³-hybridized carbons (Fsp3) is 0.333. The zero-order valence-electron chi connectivity index (χ0n) is 14.7. The Bertz CT molecular complexity index is 826. The Morgan fingerprint density at radius 2 is 1.85 bits per heavy atom. The summed E-state index contributed by atoms with van der Waals surface area (Å²) in [6, 6.07) is 11.5. The Balaban J connectivity index is 1.61. The van der Waals surface area contributed by atoms with Crippen LogP contribution in [0.2, 0.25) is 0 Å². The van der Waals surface area contributed by atoms with Gasteiger partial charge in [0.2, 0.25) is 0 Å². The highest BCUT2D eigenvalue weighted by molar-refractivity contribution is 5.94. The van der Waals surface area contributed by atoms with E-state index in [1.807, 2.05) is 12.1 Å². The SMILES string of the molecule is Cc1cc(C(=O)N2CCC(Cc3ccccc3C(=O)O)CC2)ccc1F. The molecule has 5 heteroatoms. The molecule has 4 nitrogen and oxygen atoms in total. The molecule has 26 heavy (non-hydrogen) atoms. The van der Waals surface area contributed by atoms with Crippen molar-refractivity contribution in [2.45, 2.75) is 26.2 Å². The first-order valence-corrected chi connectivity index (χ1v) is 8.82. The van der Waals surface area contributed by atoms with E-state index >= 15 is 0 Å². The van der Waals surface area contributed by atoms with Crippen molar-refractivity contribution in [3.63, 3.8) is 0 Å². The third-order valence-corrected chi connectivity index (χ3v) is 5.06. The number of carboxylic acids is 1. The van der Waals surface area contributed by atoms with E-state index in [-0.39, 0.29) is 11.7 Å². The molecule has 0 aromatic heterocycles. The van der Waals surface area contributed by atoms with Gasteiger partial charge in [0.1, 0.15) is 5.82 Å². The first-order chi connectivity index (χ1) is 12.5. The lowest BCUT2D eigenvalue weighted by molar-refractivity contribution is 0.0690. The fourth-order valence-electron chi connectivity index (χ4n) is 3.52. The third-order valence-electron chi connectivity index (χ3n) is 5.06. The second-order valence-corrected chi connectivity index (χ2v) is 6.87. The molecule has 1 aliphatic rings. The molecular formula is C21H22FNO3. The fourth-order valence-corrected chi connectivity index (χ4v) is 3.52. The van der Waals surface area contributed by atoms with E-state index in [4.69, 9.17) is 0 Å². The zero-order valence-corrected chi connectivity index (χ0v) is 14.7. The smallest absolute Gasteiger partial charge is 0.335 e. The van der Waals surface area contributed by atoms with E-state index in [0.29, 0.717) is 42.1 Å². The zero-order chi connectivity index (χ0) is 18.7. The number of aryl methyl sites for hydroxylation is 1. The van der Waals surface area contributed by atoms with Crippen LogP contribution >= 0.6 is 0 Å². The summed E-state index contributed by atoms with van der Waals surface area (Å²) in [5, 5.41) is 9.30. The highest BCUT2D eigenvalue weighted by Crippen LogP contribution is 2.25. The number of carbonyl (C=O) groups excluding carboxylic acids is 1. The first kappa shape index (κ1) is 18.1. The van der Waals surface area contributed by atoms with Crippen LogP contribution < -0.4 is 0 Å². The van der Waals surface area contributed by atoms with Crippen LogP contribution in [0.1, 0.15) is 44.7 Å². The summed E-state index contributed by atoms with van der Waals surface area (Å²) in [6.45, 7) is 2.92. The van der Waals surface area contributed by atoms with Crippen LogP contribution in [0.3, 0.4) is 0 Å². The predicted molar refractivity (Wildman–Crippen MR) is 96.9 cm³/mol. The molecule has 0 aliphatic carbocycles. The molecule has 0 spiro atoms. The number of aromatic carboxylic acids is 1. The van der Waals surface area contributed by atoms with Crippen molar-refractivity contribution < 1.29 is 19.1 Å². The number of hydrogen-bond acceptors (Lipinski definition) is 2. The summed E-state index contributed by atoms with van der Waals surface area (Å²) in [7, 11) is 0. The number of piperidine rings is 1. The molecule has 2 aromatic carbocycles. The Morgan fingerprint density at radius 3 is 2.50 bits per heavy atom. The number of halogens is 1. The van der Waals surface area contributed by atoms with Gasteiger partial charge in [-0.2, -0.15) is 0 Å². The van der Waals surface area contributed by atoms with Gasteiger partial charge in [-0.25, -0.2) is 9.18 Å². The highest BCUT2D eigenvalue weighted by Gasteiger charge is 2.25. The van der Waals surface area contributed by atoms with Gasteiger partial charge in [-0.05, 0) is 67.5 Å². The topological polar surface area (TPSA) is 57.6 Å². The maximum Gasteiger partial charge on any atom is 0.335 e. The number of nitrogens with zero attached hydrogens (tertiary/aromatic N) is 1. The second kappa shape index (κ2) is 7.68. The van der Waals surface area contributed by atoms with Gasteiger partial charge in [0.05, 0.1) is 5.56 Å². The summed E-state index contributed by atoms with van der Waals surface area (Å²) < 4.78 is 13.4. The molecule has 0 radical (unpaired) electrons. The van der Waals surface area contributed by atoms with Crippen molar-refractivity contribution in [3.05, 3.63) is 70.5 Å². The number of amides is 1. The summed E-state index contributed by atoms with van der Waals surface area (Å²) in [5.74, 6) is -0.927. The largest absolute Gasteiger partial charge is 0.478 e. The van der Waals surface area contributed by atoms with Crippen molar-refractivity contribution in [2.24, 2.45) is 5.92 Å². The molecule has 1 saturated heterocycles. The number of rotatable bonds is 4. The van der Waals surface area contributed by atoms with Crippen molar-refractivity contribution in [3.8, 4) is 0 Å². The van der Waals surface area contributed by atoms with Crippen LogP contribution in [0.25, 0.3) is 0 Å². The van der Waals surface area contributed by atoms with Crippen molar-refractivity contribution in [1.29, 1.82) is 0 Å².